The maximum atomic E-state index is 12.7. The number of thiazole rings is 2. The van der Waals surface area contributed by atoms with Crippen LogP contribution in [0.4, 0.5) is 0 Å². The molecule has 25 heavy (non-hydrogen) atoms. The van der Waals surface area contributed by atoms with Gasteiger partial charge in [0.05, 0.1) is 25.9 Å². The zero-order valence-electron chi connectivity index (χ0n) is 13.6. The number of fused-ring (bicyclic) bond motifs is 2. The average Bonchev–Trinajstić information content (AvgIpc) is 3.19. The van der Waals surface area contributed by atoms with E-state index >= 15 is 0 Å². The van der Waals surface area contributed by atoms with Crippen molar-refractivity contribution in [1.29, 1.82) is 0 Å². The smallest absolute Gasteiger partial charge is 0.279 e. The molecule has 124 valence electrons. The summed E-state index contributed by atoms with van der Waals surface area (Å²) in [4.78, 5) is 22.0. The molecule has 4 rings (SSSR count). The Kier molecular flexibility index (Phi) is 4.07. The minimum absolute atomic E-state index is 0.239. The Hall–Kier alpha value is -2.57. The first-order valence-electron chi connectivity index (χ1n) is 7.79. The van der Waals surface area contributed by atoms with Gasteiger partial charge in [-0.15, -0.1) is 17.9 Å². The normalized spacial score (nSPS) is 12.1. The fourth-order valence-corrected chi connectivity index (χ4v) is 4.56. The SMILES string of the molecule is C=CCn1c(=NC(=O)c2ccc3ncsc3c2)sc2cc(C)ccc21. The highest BCUT2D eigenvalue weighted by Crippen LogP contribution is 2.21. The van der Waals surface area contributed by atoms with Crippen molar-refractivity contribution in [1.82, 2.24) is 9.55 Å². The molecule has 2 heterocycles. The van der Waals surface area contributed by atoms with E-state index < -0.39 is 0 Å². The van der Waals surface area contributed by atoms with E-state index in [2.05, 4.69) is 41.7 Å². The lowest BCUT2D eigenvalue weighted by Gasteiger charge is -2.01. The zero-order valence-corrected chi connectivity index (χ0v) is 15.2. The van der Waals surface area contributed by atoms with Crippen LogP contribution in [-0.4, -0.2) is 15.5 Å². The lowest BCUT2D eigenvalue weighted by Crippen LogP contribution is -2.16. The number of hydrogen-bond donors (Lipinski definition) is 0. The lowest BCUT2D eigenvalue weighted by atomic mass is 10.2. The Morgan fingerprint density at radius 1 is 1.28 bits per heavy atom. The van der Waals surface area contributed by atoms with Crippen molar-refractivity contribution in [3.05, 3.63) is 70.5 Å². The van der Waals surface area contributed by atoms with Gasteiger partial charge in [-0.25, -0.2) is 4.98 Å². The van der Waals surface area contributed by atoms with Crippen LogP contribution in [0.2, 0.25) is 0 Å². The zero-order chi connectivity index (χ0) is 17.4. The lowest BCUT2D eigenvalue weighted by molar-refractivity contribution is 0.0998. The van der Waals surface area contributed by atoms with Crippen LogP contribution in [0.25, 0.3) is 20.4 Å². The standard InChI is InChI=1S/C19H15N3OS2/c1-3-8-22-15-7-4-12(2)9-17(15)25-19(22)21-18(23)13-5-6-14-16(10-13)24-11-20-14/h3-7,9-11H,1,8H2,2H3. The van der Waals surface area contributed by atoms with Crippen molar-refractivity contribution in [2.75, 3.05) is 0 Å². The monoisotopic (exact) mass is 365 g/mol. The van der Waals surface area contributed by atoms with E-state index in [4.69, 9.17) is 0 Å². The van der Waals surface area contributed by atoms with Crippen molar-refractivity contribution in [2.45, 2.75) is 13.5 Å². The van der Waals surface area contributed by atoms with Gasteiger partial charge in [0.15, 0.2) is 4.80 Å². The highest BCUT2D eigenvalue weighted by atomic mass is 32.1. The first-order chi connectivity index (χ1) is 12.2. The molecule has 0 spiro atoms. The average molecular weight is 365 g/mol. The summed E-state index contributed by atoms with van der Waals surface area (Å²) in [6.07, 6.45) is 1.82. The Bertz CT molecular complexity index is 1180. The number of amides is 1. The summed E-state index contributed by atoms with van der Waals surface area (Å²) in [7, 11) is 0. The Labute approximate surface area is 152 Å². The molecule has 0 atom stereocenters. The van der Waals surface area contributed by atoms with Gasteiger partial charge in [0, 0.05) is 12.1 Å². The molecule has 4 nitrogen and oxygen atoms in total. The number of benzene rings is 2. The Morgan fingerprint density at radius 2 is 2.16 bits per heavy atom. The molecule has 0 saturated carbocycles. The largest absolute Gasteiger partial charge is 0.312 e. The quantitative estimate of drug-likeness (QED) is 0.500. The fraction of sp³-hybridized carbons (Fsp3) is 0.105. The van der Waals surface area contributed by atoms with Crippen LogP contribution in [0.15, 0.2) is 59.6 Å². The summed E-state index contributed by atoms with van der Waals surface area (Å²) in [6.45, 7) is 6.49. The van der Waals surface area contributed by atoms with E-state index in [1.807, 2.05) is 22.8 Å². The van der Waals surface area contributed by atoms with Crippen LogP contribution in [0, 0.1) is 6.92 Å². The predicted octanol–water partition coefficient (Wildman–Crippen LogP) is 4.55. The maximum absolute atomic E-state index is 12.7. The second-order valence-electron chi connectivity index (χ2n) is 5.71. The van der Waals surface area contributed by atoms with Gasteiger partial charge in [-0.2, -0.15) is 4.99 Å². The van der Waals surface area contributed by atoms with E-state index in [9.17, 15) is 4.79 Å². The molecule has 2 aromatic carbocycles. The second kappa shape index (κ2) is 6.38. The second-order valence-corrected chi connectivity index (χ2v) is 7.60. The fourth-order valence-electron chi connectivity index (χ4n) is 2.71. The van der Waals surface area contributed by atoms with Gasteiger partial charge in [-0.1, -0.05) is 23.5 Å². The number of allylic oxidation sites excluding steroid dienone is 1. The van der Waals surface area contributed by atoms with E-state index in [0.29, 0.717) is 16.9 Å². The van der Waals surface area contributed by atoms with Crippen molar-refractivity contribution in [3.63, 3.8) is 0 Å². The van der Waals surface area contributed by atoms with Gasteiger partial charge in [0.25, 0.3) is 5.91 Å². The molecule has 1 amide bonds. The maximum Gasteiger partial charge on any atom is 0.279 e. The molecular formula is C19H15N3OS2. The minimum atomic E-state index is -0.239. The van der Waals surface area contributed by atoms with Crippen molar-refractivity contribution >= 4 is 49.0 Å². The molecule has 4 aromatic rings. The van der Waals surface area contributed by atoms with E-state index in [0.717, 1.165) is 20.4 Å². The van der Waals surface area contributed by atoms with E-state index in [-0.39, 0.29) is 5.91 Å². The van der Waals surface area contributed by atoms with Crippen LogP contribution >= 0.6 is 22.7 Å². The molecular weight excluding hydrogens is 350 g/mol. The van der Waals surface area contributed by atoms with Crippen LogP contribution in [0.1, 0.15) is 15.9 Å². The Balaban J connectivity index is 1.85. The van der Waals surface area contributed by atoms with Crippen LogP contribution < -0.4 is 4.80 Å². The number of carbonyl (C=O) groups excluding carboxylic acids is 1. The molecule has 0 aliphatic rings. The molecule has 0 unspecified atom stereocenters. The number of aryl methyl sites for hydroxylation is 1. The van der Waals surface area contributed by atoms with Crippen molar-refractivity contribution in [3.8, 4) is 0 Å². The molecule has 0 aliphatic heterocycles. The van der Waals surface area contributed by atoms with Crippen LogP contribution in [0.3, 0.4) is 0 Å². The highest BCUT2D eigenvalue weighted by molar-refractivity contribution is 7.17. The summed E-state index contributed by atoms with van der Waals surface area (Å²) in [5.41, 5.74) is 5.52. The van der Waals surface area contributed by atoms with E-state index in [1.165, 1.54) is 28.2 Å². The highest BCUT2D eigenvalue weighted by Gasteiger charge is 2.10. The van der Waals surface area contributed by atoms with Crippen LogP contribution in [0.5, 0.6) is 0 Å². The van der Waals surface area contributed by atoms with Crippen LogP contribution in [-0.2, 0) is 6.54 Å². The first kappa shape index (κ1) is 15.9. The van der Waals surface area contributed by atoms with Gasteiger partial charge in [-0.3, -0.25) is 4.79 Å². The third kappa shape index (κ3) is 2.94. The molecule has 2 aromatic heterocycles. The predicted molar refractivity (Wildman–Crippen MR) is 104 cm³/mol. The van der Waals surface area contributed by atoms with Gasteiger partial charge in [-0.05, 0) is 42.8 Å². The molecule has 0 saturated heterocycles. The summed E-state index contributed by atoms with van der Waals surface area (Å²) >= 11 is 3.05. The topological polar surface area (TPSA) is 47.2 Å². The molecule has 0 fully saturated rings. The third-order valence-corrected chi connectivity index (χ3v) is 5.76. The molecule has 0 radical (unpaired) electrons. The summed E-state index contributed by atoms with van der Waals surface area (Å²) < 4.78 is 4.13. The number of carbonyl (C=O) groups is 1. The number of rotatable bonds is 3. The number of aromatic nitrogens is 2. The molecule has 0 N–H and O–H groups in total. The van der Waals surface area contributed by atoms with Gasteiger partial charge < -0.3 is 4.57 Å². The number of nitrogens with zero attached hydrogens (tertiary/aromatic N) is 3. The van der Waals surface area contributed by atoms with Crippen molar-refractivity contribution < 1.29 is 4.79 Å². The Morgan fingerprint density at radius 3 is 3.00 bits per heavy atom. The minimum Gasteiger partial charge on any atom is -0.312 e. The van der Waals surface area contributed by atoms with E-state index in [1.54, 1.807) is 11.6 Å². The van der Waals surface area contributed by atoms with Gasteiger partial charge in [0.1, 0.15) is 0 Å². The van der Waals surface area contributed by atoms with Gasteiger partial charge in [0.2, 0.25) is 0 Å². The third-order valence-electron chi connectivity index (χ3n) is 3.93. The van der Waals surface area contributed by atoms with Gasteiger partial charge >= 0.3 is 0 Å². The number of hydrogen-bond acceptors (Lipinski definition) is 4. The summed E-state index contributed by atoms with van der Waals surface area (Å²) in [6, 6.07) is 11.7. The first-order valence-corrected chi connectivity index (χ1v) is 9.48. The van der Waals surface area contributed by atoms with Crippen molar-refractivity contribution in [2.24, 2.45) is 4.99 Å². The molecule has 6 heteroatoms. The summed E-state index contributed by atoms with van der Waals surface area (Å²) in [5.74, 6) is -0.239. The molecule has 0 aliphatic carbocycles. The molecule has 0 bridgehead atoms. The summed E-state index contributed by atoms with van der Waals surface area (Å²) in [5, 5.41) is 0.